The van der Waals surface area contributed by atoms with Crippen molar-refractivity contribution in [3.8, 4) is 11.3 Å². The first-order valence-corrected chi connectivity index (χ1v) is 9.01. The van der Waals surface area contributed by atoms with Gasteiger partial charge in [-0.15, -0.1) is 0 Å². The van der Waals surface area contributed by atoms with Gasteiger partial charge in [0.2, 0.25) is 5.91 Å². The summed E-state index contributed by atoms with van der Waals surface area (Å²) in [5.74, 6) is 0.917. The van der Waals surface area contributed by atoms with E-state index in [-0.39, 0.29) is 11.0 Å². The predicted molar refractivity (Wildman–Crippen MR) is 114 cm³/mol. The fraction of sp³-hybridized carbons (Fsp3) is 0.0476. The molecule has 27 heavy (non-hydrogen) atoms. The van der Waals surface area contributed by atoms with Crippen LogP contribution in [0.25, 0.3) is 17.4 Å². The van der Waals surface area contributed by atoms with Crippen LogP contribution in [0.1, 0.15) is 11.3 Å². The minimum atomic E-state index is -0.343. The van der Waals surface area contributed by atoms with Crippen LogP contribution in [0.2, 0.25) is 5.02 Å². The lowest BCUT2D eigenvalue weighted by Crippen LogP contribution is -2.32. The average Bonchev–Trinajstić information content (AvgIpc) is 3.09. The minimum Gasteiger partial charge on any atom is -0.457 e. The van der Waals surface area contributed by atoms with Crippen molar-refractivity contribution in [2.75, 3.05) is 5.32 Å². The molecule has 1 amide bonds. The van der Waals surface area contributed by atoms with Crippen LogP contribution < -0.4 is 10.6 Å². The highest BCUT2D eigenvalue weighted by Gasteiger charge is 2.05. The molecule has 0 atom stereocenters. The normalized spacial score (nSPS) is 10.7. The standard InChI is InChI=1S/C21H17ClN2O2S/c1-14-3-2-4-17(13-14)23-21(27)24-20(25)12-10-18-9-11-19(26-18)15-5-7-16(22)8-6-15/h2-13H,1H3,(H2,23,24,25,27). The number of nitrogens with one attached hydrogen (secondary N) is 2. The molecule has 2 aromatic carbocycles. The molecule has 0 radical (unpaired) electrons. The number of carbonyl (C=O) groups excluding carboxylic acids is 1. The van der Waals surface area contributed by atoms with Gasteiger partial charge in [0.25, 0.3) is 0 Å². The molecular formula is C21H17ClN2O2S. The highest BCUT2D eigenvalue weighted by molar-refractivity contribution is 7.80. The van der Waals surface area contributed by atoms with Crippen molar-refractivity contribution in [1.82, 2.24) is 5.32 Å². The van der Waals surface area contributed by atoms with Gasteiger partial charge in [0.05, 0.1) is 0 Å². The maximum absolute atomic E-state index is 12.0. The second-order valence-electron chi connectivity index (χ2n) is 5.86. The van der Waals surface area contributed by atoms with Crippen molar-refractivity contribution < 1.29 is 9.21 Å². The maximum Gasteiger partial charge on any atom is 0.250 e. The van der Waals surface area contributed by atoms with E-state index >= 15 is 0 Å². The number of hydrogen-bond donors (Lipinski definition) is 2. The van der Waals surface area contributed by atoms with Crippen LogP contribution in [-0.4, -0.2) is 11.0 Å². The van der Waals surface area contributed by atoms with Crippen LogP contribution in [0, 0.1) is 6.92 Å². The number of aryl methyl sites for hydroxylation is 1. The number of furan rings is 1. The van der Waals surface area contributed by atoms with Crippen molar-refractivity contribution >= 4 is 46.6 Å². The molecule has 0 saturated heterocycles. The van der Waals surface area contributed by atoms with Gasteiger partial charge in [-0.05, 0) is 79.3 Å². The third-order valence-corrected chi connectivity index (χ3v) is 4.12. The Morgan fingerprint density at radius 1 is 1.11 bits per heavy atom. The molecule has 0 aliphatic rings. The Labute approximate surface area is 167 Å². The summed E-state index contributed by atoms with van der Waals surface area (Å²) in [4.78, 5) is 12.0. The van der Waals surface area contributed by atoms with Gasteiger partial charge in [-0.25, -0.2) is 0 Å². The summed E-state index contributed by atoms with van der Waals surface area (Å²) in [5, 5.41) is 6.47. The lowest BCUT2D eigenvalue weighted by Gasteiger charge is -2.08. The van der Waals surface area contributed by atoms with Crippen LogP contribution in [0.5, 0.6) is 0 Å². The number of thiocarbonyl (C=S) groups is 1. The van der Waals surface area contributed by atoms with Gasteiger partial charge in [-0.1, -0.05) is 23.7 Å². The van der Waals surface area contributed by atoms with E-state index in [0.29, 0.717) is 16.5 Å². The molecule has 0 bridgehead atoms. The molecular weight excluding hydrogens is 380 g/mol. The smallest absolute Gasteiger partial charge is 0.250 e. The van der Waals surface area contributed by atoms with Gasteiger partial charge >= 0.3 is 0 Å². The molecule has 1 heterocycles. The lowest BCUT2D eigenvalue weighted by atomic mass is 10.2. The molecule has 136 valence electrons. The second kappa shape index (κ2) is 8.66. The number of anilines is 1. The van der Waals surface area contributed by atoms with E-state index in [2.05, 4.69) is 10.6 Å². The van der Waals surface area contributed by atoms with E-state index in [9.17, 15) is 4.79 Å². The molecule has 3 aromatic rings. The molecule has 4 nitrogen and oxygen atoms in total. The number of benzene rings is 2. The number of rotatable bonds is 4. The van der Waals surface area contributed by atoms with Crippen molar-refractivity contribution in [3.63, 3.8) is 0 Å². The van der Waals surface area contributed by atoms with Crippen molar-refractivity contribution in [3.05, 3.63) is 83.1 Å². The van der Waals surface area contributed by atoms with Crippen LogP contribution in [-0.2, 0) is 4.79 Å². The van der Waals surface area contributed by atoms with E-state index in [1.165, 1.54) is 6.08 Å². The summed E-state index contributed by atoms with van der Waals surface area (Å²) >= 11 is 11.0. The minimum absolute atomic E-state index is 0.233. The average molecular weight is 397 g/mol. The second-order valence-corrected chi connectivity index (χ2v) is 6.70. The monoisotopic (exact) mass is 396 g/mol. The van der Waals surface area contributed by atoms with Crippen molar-refractivity contribution in [2.45, 2.75) is 6.92 Å². The summed E-state index contributed by atoms with van der Waals surface area (Å²) in [6.45, 7) is 1.98. The third-order valence-electron chi connectivity index (χ3n) is 3.67. The Bertz CT molecular complexity index is 993. The third kappa shape index (κ3) is 5.54. The first-order chi connectivity index (χ1) is 13.0. The van der Waals surface area contributed by atoms with Crippen LogP contribution in [0.3, 0.4) is 0 Å². The fourth-order valence-electron chi connectivity index (χ4n) is 2.41. The van der Waals surface area contributed by atoms with Gasteiger partial charge < -0.3 is 9.73 Å². The van der Waals surface area contributed by atoms with Gasteiger partial charge in [-0.2, -0.15) is 0 Å². The Hall–Kier alpha value is -2.89. The van der Waals surface area contributed by atoms with Crippen molar-refractivity contribution in [2.24, 2.45) is 0 Å². The number of hydrogen-bond acceptors (Lipinski definition) is 3. The van der Waals surface area contributed by atoms with Gasteiger partial charge in [0, 0.05) is 22.3 Å². The van der Waals surface area contributed by atoms with E-state index in [0.717, 1.165) is 16.8 Å². The van der Waals surface area contributed by atoms with E-state index in [4.69, 9.17) is 28.2 Å². The summed E-state index contributed by atoms with van der Waals surface area (Å²) in [5.41, 5.74) is 2.83. The number of carbonyl (C=O) groups is 1. The van der Waals surface area contributed by atoms with Gasteiger partial charge in [0.1, 0.15) is 11.5 Å². The van der Waals surface area contributed by atoms with Crippen LogP contribution >= 0.6 is 23.8 Å². The van der Waals surface area contributed by atoms with Crippen LogP contribution in [0.15, 0.2) is 71.2 Å². The molecule has 0 spiro atoms. The predicted octanol–water partition coefficient (Wildman–Crippen LogP) is 5.43. The maximum atomic E-state index is 12.0. The van der Waals surface area contributed by atoms with E-state index in [1.807, 2.05) is 49.4 Å². The van der Waals surface area contributed by atoms with E-state index < -0.39 is 0 Å². The highest BCUT2D eigenvalue weighted by Crippen LogP contribution is 2.24. The molecule has 0 fully saturated rings. The molecule has 3 rings (SSSR count). The largest absolute Gasteiger partial charge is 0.457 e. The quantitative estimate of drug-likeness (QED) is 0.455. The van der Waals surface area contributed by atoms with Crippen LogP contribution in [0.4, 0.5) is 5.69 Å². The first-order valence-electron chi connectivity index (χ1n) is 8.22. The number of amides is 1. The zero-order chi connectivity index (χ0) is 19.2. The topological polar surface area (TPSA) is 54.3 Å². The molecule has 0 saturated carbocycles. The number of halogens is 1. The van der Waals surface area contributed by atoms with Gasteiger partial charge in [-0.3, -0.25) is 10.1 Å². The summed E-state index contributed by atoms with van der Waals surface area (Å²) < 4.78 is 5.72. The molecule has 0 aliphatic heterocycles. The molecule has 0 aliphatic carbocycles. The Morgan fingerprint density at radius 3 is 2.63 bits per heavy atom. The summed E-state index contributed by atoms with van der Waals surface area (Å²) in [6.07, 6.45) is 2.96. The highest BCUT2D eigenvalue weighted by atomic mass is 35.5. The Balaban J connectivity index is 1.57. The summed E-state index contributed by atoms with van der Waals surface area (Å²) in [6, 6.07) is 18.7. The van der Waals surface area contributed by atoms with E-state index in [1.54, 1.807) is 24.3 Å². The zero-order valence-electron chi connectivity index (χ0n) is 14.5. The molecule has 1 aromatic heterocycles. The van der Waals surface area contributed by atoms with Gasteiger partial charge in [0.15, 0.2) is 5.11 Å². The SMILES string of the molecule is Cc1cccc(NC(=S)NC(=O)C=Cc2ccc(-c3ccc(Cl)cc3)o2)c1. The molecule has 6 heteroatoms. The fourth-order valence-corrected chi connectivity index (χ4v) is 2.75. The Kier molecular flexibility index (Phi) is 6.06. The summed E-state index contributed by atoms with van der Waals surface area (Å²) in [7, 11) is 0. The van der Waals surface area contributed by atoms with Crippen molar-refractivity contribution in [1.29, 1.82) is 0 Å². The zero-order valence-corrected chi connectivity index (χ0v) is 16.1. The lowest BCUT2D eigenvalue weighted by molar-refractivity contribution is -0.115. The first kappa shape index (κ1) is 18.9. The molecule has 0 unspecified atom stereocenters. The Morgan fingerprint density at radius 2 is 1.89 bits per heavy atom. The molecule has 2 N–H and O–H groups in total.